The van der Waals surface area contributed by atoms with E-state index in [1.165, 1.54) is 4.57 Å². The van der Waals surface area contributed by atoms with Gasteiger partial charge in [0.2, 0.25) is 0 Å². The lowest BCUT2D eigenvalue weighted by Crippen LogP contribution is -2.43. The first-order valence-corrected chi connectivity index (χ1v) is 7.01. The molecule has 1 aromatic carbocycles. The van der Waals surface area contributed by atoms with Crippen LogP contribution in [-0.4, -0.2) is 21.7 Å². The monoisotopic (exact) mass is 273 g/mol. The predicted octanol–water partition coefficient (Wildman–Crippen LogP) is 0.761. The average Bonchev–Trinajstić information content (AvgIpc) is 2.94. The maximum Gasteiger partial charge on any atom is 0.331 e. The quantitative estimate of drug-likeness (QED) is 0.879. The number of hydrogen-bond acceptors (Lipinski definition) is 3. The van der Waals surface area contributed by atoms with E-state index in [1.54, 1.807) is 11.6 Å². The Labute approximate surface area is 116 Å². The van der Waals surface area contributed by atoms with Crippen LogP contribution in [0, 0.1) is 6.92 Å². The SMILES string of the molecule is Cc1ccc2c(=O)n(CC3CCCN3)c(=O)n(C)c2c1. The molecular weight excluding hydrogens is 254 g/mol. The largest absolute Gasteiger partial charge is 0.331 e. The van der Waals surface area contributed by atoms with Crippen molar-refractivity contribution in [2.45, 2.75) is 32.4 Å². The molecule has 1 aliphatic heterocycles. The highest BCUT2D eigenvalue weighted by atomic mass is 16.2. The fraction of sp³-hybridized carbons (Fsp3) is 0.467. The van der Waals surface area contributed by atoms with Gasteiger partial charge in [-0.2, -0.15) is 0 Å². The number of aromatic nitrogens is 2. The molecule has 3 rings (SSSR count). The Morgan fingerprint density at radius 3 is 2.85 bits per heavy atom. The van der Waals surface area contributed by atoms with Crippen molar-refractivity contribution in [3.63, 3.8) is 0 Å². The summed E-state index contributed by atoms with van der Waals surface area (Å²) in [7, 11) is 1.72. The second kappa shape index (κ2) is 4.90. The summed E-state index contributed by atoms with van der Waals surface area (Å²) in [6.45, 7) is 3.37. The molecule has 1 N–H and O–H groups in total. The summed E-state index contributed by atoms with van der Waals surface area (Å²) in [6, 6.07) is 5.83. The van der Waals surface area contributed by atoms with Crippen molar-refractivity contribution >= 4 is 10.9 Å². The minimum Gasteiger partial charge on any atom is -0.312 e. The molecule has 1 fully saturated rings. The first-order chi connectivity index (χ1) is 9.58. The molecule has 0 aliphatic carbocycles. The Morgan fingerprint density at radius 2 is 2.15 bits per heavy atom. The van der Waals surface area contributed by atoms with Crippen LogP contribution in [0.15, 0.2) is 27.8 Å². The Morgan fingerprint density at radius 1 is 1.35 bits per heavy atom. The van der Waals surface area contributed by atoms with E-state index in [9.17, 15) is 9.59 Å². The number of nitrogens with one attached hydrogen (secondary N) is 1. The van der Waals surface area contributed by atoms with E-state index in [0.29, 0.717) is 17.4 Å². The van der Waals surface area contributed by atoms with Crippen LogP contribution in [0.5, 0.6) is 0 Å². The molecule has 0 saturated carbocycles. The molecule has 0 radical (unpaired) electrons. The topological polar surface area (TPSA) is 56.0 Å². The van der Waals surface area contributed by atoms with Gasteiger partial charge in [-0.3, -0.25) is 13.9 Å². The molecule has 1 aromatic heterocycles. The van der Waals surface area contributed by atoms with Crippen molar-refractivity contribution < 1.29 is 0 Å². The van der Waals surface area contributed by atoms with Gasteiger partial charge in [0.25, 0.3) is 5.56 Å². The molecule has 20 heavy (non-hydrogen) atoms. The van der Waals surface area contributed by atoms with Gasteiger partial charge < -0.3 is 5.32 Å². The molecule has 5 heteroatoms. The predicted molar refractivity (Wildman–Crippen MR) is 79.2 cm³/mol. The Balaban J connectivity index is 2.20. The van der Waals surface area contributed by atoms with E-state index in [-0.39, 0.29) is 17.3 Å². The number of nitrogens with zero attached hydrogens (tertiary/aromatic N) is 2. The van der Waals surface area contributed by atoms with Gasteiger partial charge in [0.15, 0.2) is 0 Å². The van der Waals surface area contributed by atoms with Gasteiger partial charge in [0.1, 0.15) is 0 Å². The van der Waals surface area contributed by atoms with E-state index in [2.05, 4.69) is 5.32 Å². The highest BCUT2D eigenvalue weighted by Crippen LogP contribution is 2.11. The summed E-state index contributed by atoms with van der Waals surface area (Å²) in [5.41, 5.74) is 1.33. The first kappa shape index (κ1) is 13.1. The van der Waals surface area contributed by atoms with Crippen LogP contribution >= 0.6 is 0 Å². The summed E-state index contributed by atoms with van der Waals surface area (Å²) in [5.74, 6) is 0. The van der Waals surface area contributed by atoms with E-state index in [0.717, 1.165) is 24.9 Å². The molecule has 0 amide bonds. The fourth-order valence-corrected chi connectivity index (χ4v) is 2.91. The summed E-state index contributed by atoms with van der Waals surface area (Å²) < 4.78 is 2.93. The van der Waals surface area contributed by atoms with Gasteiger partial charge in [-0.25, -0.2) is 4.79 Å². The third kappa shape index (κ3) is 2.08. The smallest absolute Gasteiger partial charge is 0.312 e. The number of hydrogen-bond donors (Lipinski definition) is 1. The van der Waals surface area contributed by atoms with E-state index >= 15 is 0 Å². The van der Waals surface area contributed by atoms with Crippen molar-refractivity contribution in [2.75, 3.05) is 6.54 Å². The maximum atomic E-state index is 12.5. The molecule has 1 saturated heterocycles. The standard InChI is InChI=1S/C15H19N3O2/c1-10-5-6-12-13(8-10)17(2)15(20)18(14(12)19)9-11-4-3-7-16-11/h5-6,8,11,16H,3-4,7,9H2,1-2H3. The summed E-state index contributed by atoms with van der Waals surface area (Å²) >= 11 is 0. The molecule has 0 bridgehead atoms. The van der Waals surface area contributed by atoms with Crippen molar-refractivity contribution in [1.29, 1.82) is 0 Å². The van der Waals surface area contributed by atoms with E-state index in [1.807, 2.05) is 25.1 Å². The zero-order chi connectivity index (χ0) is 14.3. The van der Waals surface area contributed by atoms with Crippen molar-refractivity contribution in [2.24, 2.45) is 7.05 Å². The number of aryl methyl sites for hydroxylation is 2. The Hall–Kier alpha value is -1.88. The van der Waals surface area contributed by atoms with Gasteiger partial charge in [0.05, 0.1) is 10.9 Å². The molecule has 1 unspecified atom stereocenters. The van der Waals surface area contributed by atoms with Crippen molar-refractivity contribution in [1.82, 2.24) is 14.5 Å². The number of rotatable bonds is 2. The Bertz CT molecular complexity index is 767. The highest BCUT2D eigenvalue weighted by Gasteiger charge is 2.18. The zero-order valence-electron chi connectivity index (χ0n) is 11.8. The van der Waals surface area contributed by atoms with Crippen LogP contribution in [0.1, 0.15) is 18.4 Å². The second-order valence-electron chi connectivity index (χ2n) is 5.57. The van der Waals surface area contributed by atoms with Gasteiger partial charge in [0, 0.05) is 19.6 Å². The molecular formula is C15H19N3O2. The normalized spacial score (nSPS) is 18.8. The molecule has 2 heterocycles. The van der Waals surface area contributed by atoms with Crippen LogP contribution in [0.3, 0.4) is 0 Å². The minimum atomic E-state index is -0.234. The molecule has 5 nitrogen and oxygen atoms in total. The highest BCUT2D eigenvalue weighted by molar-refractivity contribution is 5.78. The molecule has 2 aromatic rings. The average molecular weight is 273 g/mol. The van der Waals surface area contributed by atoms with Crippen LogP contribution in [0.25, 0.3) is 10.9 Å². The van der Waals surface area contributed by atoms with Crippen molar-refractivity contribution in [3.8, 4) is 0 Å². The fourth-order valence-electron chi connectivity index (χ4n) is 2.91. The molecule has 1 aliphatic rings. The van der Waals surface area contributed by atoms with E-state index in [4.69, 9.17) is 0 Å². The lowest BCUT2D eigenvalue weighted by atomic mass is 10.1. The van der Waals surface area contributed by atoms with Gasteiger partial charge in [-0.05, 0) is 44.0 Å². The molecule has 0 spiro atoms. The summed E-state index contributed by atoms with van der Waals surface area (Å²) in [5, 5.41) is 3.94. The summed E-state index contributed by atoms with van der Waals surface area (Å²) in [6.07, 6.45) is 2.12. The number of fused-ring (bicyclic) bond motifs is 1. The third-order valence-electron chi connectivity index (χ3n) is 4.07. The van der Waals surface area contributed by atoms with Crippen LogP contribution in [-0.2, 0) is 13.6 Å². The van der Waals surface area contributed by atoms with Crippen LogP contribution < -0.4 is 16.6 Å². The summed E-state index contributed by atoms with van der Waals surface area (Å²) in [4.78, 5) is 24.9. The minimum absolute atomic E-state index is 0.184. The van der Waals surface area contributed by atoms with Crippen LogP contribution in [0.4, 0.5) is 0 Å². The third-order valence-corrected chi connectivity index (χ3v) is 4.07. The lowest BCUT2D eigenvalue weighted by molar-refractivity contribution is 0.478. The maximum absolute atomic E-state index is 12.5. The zero-order valence-corrected chi connectivity index (χ0v) is 11.8. The first-order valence-electron chi connectivity index (χ1n) is 7.01. The Kier molecular flexibility index (Phi) is 3.22. The second-order valence-corrected chi connectivity index (χ2v) is 5.57. The van der Waals surface area contributed by atoms with Crippen LogP contribution in [0.2, 0.25) is 0 Å². The lowest BCUT2D eigenvalue weighted by Gasteiger charge is -2.14. The van der Waals surface area contributed by atoms with Gasteiger partial charge in [-0.15, -0.1) is 0 Å². The number of benzene rings is 1. The molecule has 1 atom stereocenters. The van der Waals surface area contributed by atoms with E-state index < -0.39 is 0 Å². The van der Waals surface area contributed by atoms with Gasteiger partial charge >= 0.3 is 5.69 Å². The molecule has 106 valence electrons. The van der Waals surface area contributed by atoms with Crippen molar-refractivity contribution in [3.05, 3.63) is 44.6 Å². The van der Waals surface area contributed by atoms with Gasteiger partial charge in [-0.1, -0.05) is 6.07 Å².